The minimum absolute atomic E-state index is 0.0240. The van der Waals surface area contributed by atoms with Crippen LogP contribution in [-0.4, -0.2) is 56.5 Å². The van der Waals surface area contributed by atoms with Crippen LogP contribution in [0.5, 0.6) is 0 Å². The number of alkyl halides is 6. The number of carbonyl (C=O) groups excluding carboxylic acids is 1. The SMILES string of the molecule is O=C1CC(O)(C(F)(F)F)c2c(n[nH]c2CCC2CCN(c3nc(C(F)(F)F)c(C(=O)O)o3)CC2)N1. The van der Waals surface area contributed by atoms with Gasteiger partial charge in [-0.25, -0.2) is 4.79 Å². The first-order valence-corrected chi connectivity index (χ1v) is 10.4. The Bertz CT molecular complexity index is 1130. The number of aryl methyl sites for hydroxylation is 1. The highest BCUT2D eigenvalue weighted by atomic mass is 19.4. The number of rotatable bonds is 5. The number of aliphatic hydroxyl groups is 1. The van der Waals surface area contributed by atoms with E-state index in [2.05, 4.69) is 20.5 Å². The predicted octanol–water partition coefficient (Wildman–Crippen LogP) is 3.06. The molecule has 2 aromatic heterocycles. The van der Waals surface area contributed by atoms with Gasteiger partial charge in [0.05, 0.1) is 12.0 Å². The highest BCUT2D eigenvalue weighted by molar-refractivity contribution is 5.94. The number of fused-ring (bicyclic) bond motifs is 1. The molecule has 1 fully saturated rings. The van der Waals surface area contributed by atoms with E-state index in [4.69, 9.17) is 9.52 Å². The van der Waals surface area contributed by atoms with Crippen molar-refractivity contribution < 1.29 is 50.6 Å². The van der Waals surface area contributed by atoms with Crippen molar-refractivity contribution >= 4 is 23.7 Å². The molecule has 1 amide bonds. The maximum Gasteiger partial charge on any atom is 0.437 e. The van der Waals surface area contributed by atoms with Gasteiger partial charge in [-0.1, -0.05) is 0 Å². The van der Waals surface area contributed by atoms with E-state index < -0.39 is 59.3 Å². The van der Waals surface area contributed by atoms with Crippen molar-refractivity contribution in [3.8, 4) is 0 Å². The first-order chi connectivity index (χ1) is 16.2. The molecule has 2 aromatic rings. The fraction of sp³-hybridized carbons (Fsp3) is 0.579. The van der Waals surface area contributed by atoms with Crippen LogP contribution in [0.4, 0.5) is 38.2 Å². The molecule has 10 nitrogen and oxygen atoms in total. The summed E-state index contributed by atoms with van der Waals surface area (Å²) >= 11 is 0. The highest BCUT2D eigenvalue weighted by Gasteiger charge is 2.60. The molecule has 1 atom stereocenters. The molecule has 1 saturated heterocycles. The highest BCUT2D eigenvalue weighted by Crippen LogP contribution is 2.48. The molecular weight excluding hydrogens is 492 g/mol. The van der Waals surface area contributed by atoms with Gasteiger partial charge in [0.15, 0.2) is 17.1 Å². The van der Waals surface area contributed by atoms with Gasteiger partial charge in [0.1, 0.15) is 0 Å². The summed E-state index contributed by atoms with van der Waals surface area (Å²) in [6.07, 6.45) is -10.0. The normalized spacial score (nSPS) is 21.7. The number of oxazole rings is 1. The Labute approximate surface area is 192 Å². The van der Waals surface area contributed by atoms with Crippen molar-refractivity contribution in [2.45, 2.75) is 50.1 Å². The molecule has 16 heteroatoms. The number of anilines is 2. The monoisotopic (exact) mass is 511 g/mol. The Morgan fingerprint density at radius 3 is 2.40 bits per heavy atom. The zero-order chi connectivity index (χ0) is 25.8. The number of carboxylic acid groups (broad SMARTS) is 1. The van der Waals surface area contributed by atoms with Crippen molar-refractivity contribution in [2.75, 3.05) is 23.3 Å². The second kappa shape index (κ2) is 8.42. The molecular formula is C19H19F6N5O5. The molecule has 0 spiro atoms. The fourth-order valence-electron chi connectivity index (χ4n) is 4.38. The number of halogens is 6. The van der Waals surface area contributed by atoms with E-state index in [0.29, 0.717) is 19.3 Å². The molecule has 4 rings (SSSR count). The van der Waals surface area contributed by atoms with E-state index >= 15 is 0 Å². The van der Waals surface area contributed by atoms with E-state index in [1.807, 2.05) is 0 Å². The molecule has 2 aliphatic rings. The van der Waals surface area contributed by atoms with Gasteiger partial charge >= 0.3 is 18.3 Å². The maximum absolute atomic E-state index is 13.6. The second-order valence-corrected chi connectivity index (χ2v) is 8.45. The van der Waals surface area contributed by atoms with Crippen molar-refractivity contribution in [3.63, 3.8) is 0 Å². The Morgan fingerprint density at radius 2 is 1.86 bits per heavy atom. The number of nitrogens with zero attached hydrogens (tertiary/aromatic N) is 3. The number of aromatic carboxylic acids is 1. The minimum Gasteiger partial charge on any atom is -0.475 e. The molecule has 35 heavy (non-hydrogen) atoms. The van der Waals surface area contributed by atoms with Crippen LogP contribution in [0.25, 0.3) is 0 Å². The molecule has 0 bridgehead atoms. The molecule has 192 valence electrons. The van der Waals surface area contributed by atoms with Gasteiger partial charge in [-0.2, -0.15) is 36.4 Å². The number of piperidine rings is 1. The number of aromatic nitrogens is 3. The lowest BCUT2D eigenvalue weighted by Gasteiger charge is -2.34. The largest absolute Gasteiger partial charge is 0.475 e. The summed E-state index contributed by atoms with van der Waals surface area (Å²) in [5.41, 5.74) is -5.51. The first-order valence-electron chi connectivity index (χ1n) is 10.4. The van der Waals surface area contributed by atoms with Crippen LogP contribution in [0.3, 0.4) is 0 Å². The van der Waals surface area contributed by atoms with E-state index in [0.717, 1.165) is 0 Å². The van der Waals surface area contributed by atoms with Crippen LogP contribution in [0.2, 0.25) is 0 Å². The predicted molar refractivity (Wildman–Crippen MR) is 104 cm³/mol. The smallest absolute Gasteiger partial charge is 0.437 e. The van der Waals surface area contributed by atoms with E-state index in [9.17, 15) is 41.0 Å². The van der Waals surface area contributed by atoms with Gasteiger partial charge in [-0.05, 0) is 31.6 Å². The minimum atomic E-state index is -5.11. The fourth-order valence-corrected chi connectivity index (χ4v) is 4.38. The van der Waals surface area contributed by atoms with Crippen LogP contribution in [-0.2, 0) is 23.0 Å². The van der Waals surface area contributed by atoms with Crippen molar-refractivity contribution in [1.82, 2.24) is 15.2 Å². The van der Waals surface area contributed by atoms with Crippen molar-refractivity contribution in [3.05, 3.63) is 22.7 Å². The third kappa shape index (κ3) is 4.53. The van der Waals surface area contributed by atoms with Crippen LogP contribution in [0, 0.1) is 5.92 Å². The molecule has 0 aromatic carbocycles. The molecule has 4 N–H and O–H groups in total. The number of H-pyrrole nitrogens is 1. The lowest BCUT2D eigenvalue weighted by Crippen LogP contribution is -2.48. The lowest BCUT2D eigenvalue weighted by molar-refractivity contribution is -0.267. The Balaban J connectivity index is 1.42. The van der Waals surface area contributed by atoms with Gasteiger partial charge in [0.2, 0.25) is 11.7 Å². The Kier molecular flexibility index (Phi) is 5.97. The number of nitrogens with one attached hydrogen (secondary N) is 2. The topological polar surface area (TPSA) is 145 Å². The summed E-state index contributed by atoms with van der Waals surface area (Å²) in [7, 11) is 0. The van der Waals surface area contributed by atoms with Gasteiger partial charge in [0, 0.05) is 18.8 Å². The molecule has 0 saturated carbocycles. The number of hydrogen-bond donors (Lipinski definition) is 4. The maximum atomic E-state index is 13.6. The number of carbonyl (C=O) groups is 2. The number of carboxylic acids is 1. The summed E-state index contributed by atoms with van der Waals surface area (Å²) in [5, 5.41) is 27.6. The zero-order valence-corrected chi connectivity index (χ0v) is 17.8. The van der Waals surface area contributed by atoms with Gasteiger partial charge in [-0.15, -0.1) is 0 Å². The van der Waals surface area contributed by atoms with E-state index in [1.165, 1.54) is 4.90 Å². The van der Waals surface area contributed by atoms with Gasteiger partial charge in [-0.3, -0.25) is 9.89 Å². The average Bonchev–Trinajstić information content (AvgIpc) is 3.37. The van der Waals surface area contributed by atoms with Crippen LogP contribution in [0.15, 0.2) is 4.42 Å². The quantitative estimate of drug-likeness (QED) is 0.449. The molecule has 0 radical (unpaired) electrons. The van der Waals surface area contributed by atoms with E-state index in [-0.39, 0.29) is 36.9 Å². The Hall–Kier alpha value is -3.30. The molecule has 4 heterocycles. The number of aromatic amines is 1. The number of hydrogen-bond acceptors (Lipinski definition) is 7. The molecule has 2 aliphatic heterocycles. The lowest BCUT2D eigenvalue weighted by atomic mass is 9.84. The second-order valence-electron chi connectivity index (χ2n) is 8.45. The van der Waals surface area contributed by atoms with Crippen LogP contribution < -0.4 is 10.2 Å². The zero-order valence-electron chi connectivity index (χ0n) is 17.8. The third-order valence-electron chi connectivity index (χ3n) is 6.16. The van der Waals surface area contributed by atoms with Gasteiger partial charge < -0.3 is 24.8 Å². The Morgan fingerprint density at radius 1 is 1.20 bits per heavy atom. The first kappa shape index (κ1) is 24.8. The van der Waals surface area contributed by atoms with Crippen LogP contribution in [0.1, 0.15) is 53.2 Å². The summed E-state index contributed by atoms with van der Waals surface area (Å²) in [6.45, 7) is 0.371. The van der Waals surface area contributed by atoms with Crippen molar-refractivity contribution in [2.24, 2.45) is 5.92 Å². The molecule has 0 aliphatic carbocycles. The summed E-state index contributed by atoms with van der Waals surface area (Å²) in [4.78, 5) is 27.4. The van der Waals surface area contributed by atoms with Gasteiger partial charge in [0.25, 0.3) is 6.01 Å². The standard InChI is InChI=1S/C19H19F6N5O5/c20-18(21,22)13-12(15(32)33)35-16(27-13)30-5-3-8(4-6-30)1-2-9-11-14(29-28-9)26-10(31)7-17(11,34)19(23,24)25/h8,34H,1-7H2,(H,32,33)(H2,26,28,29,31). The third-order valence-corrected chi connectivity index (χ3v) is 6.16. The average molecular weight is 511 g/mol. The van der Waals surface area contributed by atoms with Crippen molar-refractivity contribution in [1.29, 1.82) is 0 Å². The molecule has 1 unspecified atom stereocenters. The van der Waals surface area contributed by atoms with Crippen LogP contribution >= 0.6 is 0 Å². The number of amides is 1. The summed E-state index contributed by atoms with van der Waals surface area (Å²) < 4.78 is 84.7. The van der Waals surface area contributed by atoms with E-state index in [1.54, 1.807) is 0 Å². The summed E-state index contributed by atoms with van der Waals surface area (Å²) in [5.74, 6) is -4.65. The summed E-state index contributed by atoms with van der Waals surface area (Å²) in [6, 6.07) is -0.471.